The molecule has 160 valence electrons. The maximum atomic E-state index is 12.2. The highest BCUT2D eigenvalue weighted by molar-refractivity contribution is 8.01. The summed E-state index contributed by atoms with van der Waals surface area (Å²) in [6.07, 6.45) is 9.21. The second-order valence-corrected chi connectivity index (χ2v) is 9.34. The number of carbonyl (C=O) groups excluding carboxylic acids is 1. The molecule has 0 spiro atoms. The molecule has 0 aliphatic carbocycles. The van der Waals surface area contributed by atoms with E-state index in [0.717, 1.165) is 6.42 Å². The van der Waals surface area contributed by atoms with E-state index in [4.69, 9.17) is 9.84 Å². The summed E-state index contributed by atoms with van der Waals surface area (Å²) in [7, 11) is 0. The van der Waals surface area contributed by atoms with Crippen molar-refractivity contribution < 1.29 is 24.5 Å². The van der Waals surface area contributed by atoms with E-state index < -0.39 is 11.6 Å². The molecule has 2 N–H and O–H groups in total. The maximum absolute atomic E-state index is 12.2. The van der Waals surface area contributed by atoms with Crippen LogP contribution in [0.1, 0.15) is 50.5 Å². The summed E-state index contributed by atoms with van der Waals surface area (Å²) in [6, 6.07) is -0.198. The van der Waals surface area contributed by atoms with Crippen molar-refractivity contribution in [3.8, 4) is 0 Å². The highest BCUT2D eigenvalue weighted by Gasteiger charge is 2.37. The molecule has 0 radical (unpaired) electrons. The Hall–Kier alpha value is -1.84. The van der Waals surface area contributed by atoms with Crippen molar-refractivity contribution in [3.63, 3.8) is 0 Å². The molecule has 7 nitrogen and oxygen atoms in total. The van der Waals surface area contributed by atoms with Crippen molar-refractivity contribution in [2.45, 2.75) is 62.1 Å². The molecule has 1 aliphatic heterocycles. The van der Waals surface area contributed by atoms with Gasteiger partial charge in [0.1, 0.15) is 6.10 Å². The second kappa shape index (κ2) is 10.8. The number of hydrogen-bond acceptors (Lipinski definition) is 7. The van der Waals surface area contributed by atoms with Crippen LogP contribution in [-0.2, 0) is 4.74 Å². The van der Waals surface area contributed by atoms with Crippen LogP contribution in [0.4, 0.5) is 4.79 Å². The van der Waals surface area contributed by atoms with Gasteiger partial charge in [0, 0.05) is 17.7 Å². The van der Waals surface area contributed by atoms with Crippen LogP contribution < -0.4 is 0 Å². The van der Waals surface area contributed by atoms with Gasteiger partial charge in [0.25, 0.3) is 0 Å². The molecule has 1 unspecified atom stereocenters. The molecular formula is C20H28N2O5S2. The van der Waals surface area contributed by atoms with Crippen molar-refractivity contribution in [3.05, 3.63) is 35.4 Å². The van der Waals surface area contributed by atoms with Crippen LogP contribution >= 0.6 is 23.1 Å². The summed E-state index contributed by atoms with van der Waals surface area (Å²) in [5.74, 6) is -0.463. The Labute approximate surface area is 179 Å². The number of allylic oxidation sites excluding steroid dienone is 1. The van der Waals surface area contributed by atoms with Gasteiger partial charge in [-0.1, -0.05) is 43.0 Å². The normalized spacial score (nSPS) is 21.8. The van der Waals surface area contributed by atoms with Gasteiger partial charge < -0.3 is 14.9 Å². The highest BCUT2D eigenvalue weighted by Crippen LogP contribution is 2.26. The lowest BCUT2D eigenvalue weighted by molar-refractivity contribution is 0.0660. The van der Waals surface area contributed by atoms with Gasteiger partial charge >= 0.3 is 12.1 Å². The van der Waals surface area contributed by atoms with Crippen LogP contribution in [0.3, 0.4) is 0 Å². The molecule has 1 saturated heterocycles. The van der Waals surface area contributed by atoms with Crippen LogP contribution in [0, 0.1) is 0 Å². The van der Waals surface area contributed by atoms with Crippen LogP contribution in [-0.4, -0.2) is 62.2 Å². The first kappa shape index (κ1) is 23.4. The van der Waals surface area contributed by atoms with E-state index >= 15 is 0 Å². The number of rotatable bonds is 11. The zero-order valence-electron chi connectivity index (χ0n) is 16.9. The average Bonchev–Trinajstić information content (AvgIpc) is 3.21. The molecule has 2 heterocycles. The number of hydrogen-bond donors (Lipinski definition) is 2. The fourth-order valence-electron chi connectivity index (χ4n) is 2.87. The van der Waals surface area contributed by atoms with Gasteiger partial charge in [-0.3, -0.25) is 4.90 Å². The smallest absolute Gasteiger partial charge is 0.410 e. The predicted molar refractivity (Wildman–Crippen MR) is 115 cm³/mol. The molecule has 29 heavy (non-hydrogen) atoms. The summed E-state index contributed by atoms with van der Waals surface area (Å²) in [5.41, 5.74) is -0.796. The summed E-state index contributed by atoms with van der Waals surface area (Å²) < 4.78 is 6.01. The first-order valence-electron chi connectivity index (χ1n) is 9.56. The Morgan fingerprint density at radius 2 is 2.14 bits per heavy atom. The van der Waals surface area contributed by atoms with Crippen LogP contribution in [0.5, 0.6) is 0 Å². The number of carboxylic acid groups (broad SMARTS) is 1. The zero-order chi connectivity index (χ0) is 21.4. The lowest BCUT2D eigenvalue weighted by Crippen LogP contribution is -2.36. The van der Waals surface area contributed by atoms with Gasteiger partial charge in [0.05, 0.1) is 11.6 Å². The standard InChI is InChI=1S/C20H28N2O5S2/c1-4-5-6-9-20(3,26)10-7-8-16-14(2)27-19(25)22(16)11-12-28-18-21-15(13-29-18)17(23)24/h5-8,13-14,16,26H,4,9-12H2,1-3H3,(H,23,24)/b6-5+,8-7+/t14-,16-,20?/m0/s1. The number of aromatic nitrogens is 1. The van der Waals surface area contributed by atoms with Gasteiger partial charge in [0.2, 0.25) is 0 Å². The van der Waals surface area contributed by atoms with E-state index in [1.54, 1.807) is 11.8 Å². The number of carboxylic acids is 1. The first-order valence-corrected chi connectivity index (χ1v) is 11.4. The molecule has 1 amide bonds. The quantitative estimate of drug-likeness (QED) is 0.393. The third-order valence-electron chi connectivity index (χ3n) is 4.47. The molecule has 0 bridgehead atoms. The fraction of sp³-hybridized carbons (Fsp3) is 0.550. The number of carbonyl (C=O) groups is 2. The average molecular weight is 441 g/mol. The first-order chi connectivity index (χ1) is 13.7. The van der Waals surface area contributed by atoms with E-state index in [1.807, 2.05) is 31.2 Å². The highest BCUT2D eigenvalue weighted by atomic mass is 32.2. The van der Waals surface area contributed by atoms with Gasteiger partial charge in [-0.15, -0.1) is 11.3 Å². The zero-order valence-corrected chi connectivity index (χ0v) is 18.5. The minimum absolute atomic E-state index is 0.0355. The number of amides is 1. The fourth-order valence-corrected chi connectivity index (χ4v) is 4.68. The van der Waals surface area contributed by atoms with E-state index in [9.17, 15) is 14.7 Å². The van der Waals surface area contributed by atoms with Crippen molar-refractivity contribution in [1.82, 2.24) is 9.88 Å². The lowest BCUT2D eigenvalue weighted by Gasteiger charge is -2.22. The Bertz CT molecular complexity index is 760. The van der Waals surface area contributed by atoms with Crippen molar-refractivity contribution in [2.75, 3.05) is 12.3 Å². The van der Waals surface area contributed by atoms with Gasteiger partial charge in [-0.25, -0.2) is 14.6 Å². The van der Waals surface area contributed by atoms with Gasteiger partial charge in [-0.2, -0.15) is 0 Å². The van der Waals surface area contributed by atoms with Crippen molar-refractivity contribution >= 4 is 35.2 Å². The SMILES string of the molecule is CC/C=C/CC(C)(O)C/C=C/[C@H]1[C@H](C)OC(=O)N1CCSc1nc(C(=O)O)cs1. The summed E-state index contributed by atoms with van der Waals surface area (Å²) >= 11 is 2.69. The number of thiazole rings is 1. The minimum Gasteiger partial charge on any atom is -0.476 e. The molecule has 1 aromatic heterocycles. The minimum atomic E-state index is -1.05. The molecule has 0 saturated carbocycles. The second-order valence-electron chi connectivity index (χ2n) is 7.14. The van der Waals surface area contributed by atoms with Crippen LogP contribution in [0.15, 0.2) is 34.0 Å². The molecule has 9 heteroatoms. The van der Waals surface area contributed by atoms with E-state index in [0.29, 0.717) is 29.5 Å². The largest absolute Gasteiger partial charge is 0.476 e. The van der Waals surface area contributed by atoms with Crippen LogP contribution in [0.2, 0.25) is 0 Å². The van der Waals surface area contributed by atoms with E-state index in [1.165, 1.54) is 28.5 Å². The molecule has 1 fully saturated rings. The topological polar surface area (TPSA) is 100.0 Å². The monoisotopic (exact) mass is 440 g/mol. The third-order valence-corrected chi connectivity index (χ3v) is 6.47. The molecule has 2 rings (SSSR count). The molecular weight excluding hydrogens is 412 g/mol. The van der Waals surface area contributed by atoms with Crippen molar-refractivity contribution in [1.29, 1.82) is 0 Å². The molecule has 0 aromatic carbocycles. The Balaban J connectivity index is 1.89. The summed E-state index contributed by atoms with van der Waals surface area (Å²) in [5, 5.41) is 20.9. The molecule has 1 aliphatic rings. The summed E-state index contributed by atoms with van der Waals surface area (Å²) in [6.45, 7) is 6.16. The number of cyclic esters (lactones) is 1. The Morgan fingerprint density at radius 3 is 2.79 bits per heavy atom. The predicted octanol–water partition coefficient (Wildman–Crippen LogP) is 4.20. The summed E-state index contributed by atoms with van der Waals surface area (Å²) in [4.78, 5) is 28.8. The Kier molecular flexibility index (Phi) is 8.73. The number of nitrogens with zero attached hydrogens (tertiary/aromatic N) is 2. The number of thioether (sulfide) groups is 1. The van der Waals surface area contributed by atoms with Gasteiger partial charge in [0.15, 0.2) is 10.0 Å². The maximum Gasteiger partial charge on any atom is 0.410 e. The van der Waals surface area contributed by atoms with Crippen LogP contribution in [0.25, 0.3) is 0 Å². The van der Waals surface area contributed by atoms with E-state index in [2.05, 4.69) is 11.9 Å². The Morgan fingerprint density at radius 1 is 1.41 bits per heavy atom. The lowest BCUT2D eigenvalue weighted by atomic mass is 9.96. The van der Waals surface area contributed by atoms with E-state index in [-0.39, 0.29) is 23.9 Å². The third kappa shape index (κ3) is 7.17. The van der Waals surface area contributed by atoms with Crippen molar-refractivity contribution in [2.24, 2.45) is 0 Å². The van der Waals surface area contributed by atoms with Gasteiger partial charge in [-0.05, 0) is 33.1 Å². The number of aliphatic hydroxyl groups is 1. The number of ether oxygens (including phenoxy) is 1. The molecule has 3 atom stereocenters. The molecule has 1 aromatic rings. The number of aromatic carboxylic acids is 1.